The number of aliphatic imine (C=N–C) groups is 1. The lowest BCUT2D eigenvalue weighted by Gasteiger charge is -2.23. The predicted molar refractivity (Wildman–Crippen MR) is 90.1 cm³/mol. The van der Waals surface area contributed by atoms with E-state index in [4.69, 9.17) is 4.74 Å². The second-order valence-electron chi connectivity index (χ2n) is 6.05. The fourth-order valence-electron chi connectivity index (χ4n) is 1.89. The quantitative estimate of drug-likeness (QED) is 0.646. The normalized spacial score (nSPS) is 11.0. The van der Waals surface area contributed by atoms with Gasteiger partial charge in [0.25, 0.3) is 0 Å². The number of ether oxygens (including phenoxy) is 1. The molecule has 4 heteroatoms. The summed E-state index contributed by atoms with van der Waals surface area (Å²) in [5, 5.41) is 6.46. The number of nitrogens with one attached hydrogen (secondary N) is 2. The first-order valence-corrected chi connectivity index (χ1v) is 7.66. The highest BCUT2D eigenvalue weighted by molar-refractivity contribution is 5.79. The van der Waals surface area contributed by atoms with Crippen LogP contribution in [0.3, 0.4) is 0 Å². The Balaban J connectivity index is 2.93. The zero-order chi connectivity index (χ0) is 15.9. The van der Waals surface area contributed by atoms with E-state index in [2.05, 4.69) is 75.4 Å². The summed E-state index contributed by atoms with van der Waals surface area (Å²) in [6.45, 7) is 14.7. The average Bonchev–Trinajstić information content (AvgIpc) is 2.36. The molecule has 0 heterocycles. The largest absolute Gasteiger partial charge is 0.488 e. The maximum absolute atomic E-state index is 6.06. The fourth-order valence-corrected chi connectivity index (χ4v) is 1.89. The van der Waals surface area contributed by atoms with Crippen molar-refractivity contribution >= 4 is 5.96 Å². The van der Waals surface area contributed by atoms with Crippen LogP contribution in [0, 0.1) is 6.92 Å². The molecule has 0 aliphatic heterocycles. The smallest absolute Gasteiger partial charge is 0.191 e. The molecule has 4 nitrogen and oxygen atoms in total. The van der Waals surface area contributed by atoms with Crippen molar-refractivity contribution in [2.45, 2.75) is 53.7 Å². The van der Waals surface area contributed by atoms with Crippen molar-refractivity contribution in [3.05, 3.63) is 29.3 Å². The molecule has 1 aromatic carbocycles. The van der Waals surface area contributed by atoms with Gasteiger partial charge in [-0.05, 0) is 53.2 Å². The van der Waals surface area contributed by atoms with Gasteiger partial charge in [0, 0.05) is 18.7 Å². The van der Waals surface area contributed by atoms with Crippen LogP contribution in [0.15, 0.2) is 23.2 Å². The molecule has 0 unspecified atom stereocenters. The van der Waals surface area contributed by atoms with Crippen molar-refractivity contribution in [1.29, 1.82) is 0 Å². The molecule has 21 heavy (non-hydrogen) atoms. The molecule has 118 valence electrons. The number of rotatable bonds is 5. The van der Waals surface area contributed by atoms with Gasteiger partial charge < -0.3 is 15.4 Å². The molecule has 1 aromatic rings. The van der Waals surface area contributed by atoms with Gasteiger partial charge in [-0.2, -0.15) is 0 Å². The standard InChI is InChI=1S/C17H29N3O/c1-7-18-16(19-8-2)20-12-14-10-9-13(3)11-15(14)21-17(4,5)6/h9-11H,7-8,12H2,1-6H3,(H2,18,19,20). The summed E-state index contributed by atoms with van der Waals surface area (Å²) < 4.78 is 6.06. The molecule has 0 atom stereocenters. The lowest BCUT2D eigenvalue weighted by atomic mass is 10.1. The molecule has 0 saturated heterocycles. The third-order valence-corrected chi connectivity index (χ3v) is 2.73. The molecule has 2 N–H and O–H groups in total. The molecule has 0 amide bonds. The minimum Gasteiger partial charge on any atom is -0.488 e. The van der Waals surface area contributed by atoms with Gasteiger partial charge in [0.15, 0.2) is 5.96 Å². The van der Waals surface area contributed by atoms with Gasteiger partial charge in [0.2, 0.25) is 0 Å². The summed E-state index contributed by atoms with van der Waals surface area (Å²) in [5.74, 6) is 1.75. The van der Waals surface area contributed by atoms with Gasteiger partial charge in [0.05, 0.1) is 6.54 Å². The van der Waals surface area contributed by atoms with Crippen LogP contribution in [0.2, 0.25) is 0 Å². The van der Waals surface area contributed by atoms with Gasteiger partial charge in [-0.15, -0.1) is 0 Å². The molecule has 0 spiro atoms. The van der Waals surface area contributed by atoms with Crippen LogP contribution in [-0.2, 0) is 6.54 Å². The van der Waals surface area contributed by atoms with Crippen LogP contribution in [0.5, 0.6) is 5.75 Å². The first-order chi connectivity index (χ1) is 9.85. The molecule has 0 aliphatic carbocycles. The van der Waals surface area contributed by atoms with E-state index in [1.165, 1.54) is 5.56 Å². The zero-order valence-corrected chi connectivity index (χ0v) is 14.2. The number of benzene rings is 1. The van der Waals surface area contributed by atoms with Crippen LogP contribution >= 0.6 is 0 Å². The van der Waals surface area contributed by atoms with Crippen molar-refractivity contribution in [2.24, 2.45) is 4.99 Å². The molecule has 1 rings (SSSR count). The van der Waals surface area contributed by atoms with E-state index in [9.17, 15) is 0 Å². The molecule has 0 aromatic heterocycles. The van der Waals surface area contributed by atoms with Crippen molar-refractivity contribution in [3.8, 4) is 5.75 Å². The fraction of sp³-hybridized carbons (Fsp3) is 0.588. The van der Waals surface area contributed by atoms with Gasteiger partial charge in [-0.3, -0.25) is 0 Å². The van der Waals surface area contributed by atoms with Crippen LogP contribution < -0.4 is 15.4 Å². The van der Waals surface area contributed by atoms with E-state index in [0.717, 1.165) is 30.4 Å². The van der Waals surface area contributed by atoms with Gasteiger partial charge in [-0.25, -0.2) is 4.99 Å². The monoisotopic (exact) mass is 291 g/mol. The van der Waals surface area contributed by atoms with Gasteiger partial charge in [0.1, 0.15) is 11.4 Å². The highest BCUT2D eigenvalue weighted by atomic mass is 16.5. The highest BCUT2D eigenvalue weighted by Gasteiger charge is 2.14. The predicted octanol–water partition coefficient (Wildman–Crippen LogP) is 3.25. The maximum Gasteiger partial charge on any atom is 0.191 e. The second kappa shape index (κ2) is 7.91. The molecule has 0 radical (unpaired) electrons. The zero-order valence-electron chi connectivity index (χ0n) is 14.2. The Hall–Kier alpha value is -1.71. The Labute approximate surface area is 129 Å². The summed E-state index contributed by atoms with van der Waals surface area (Å²) in [7, 11) is 0. The lowest BCUT2D eigenvalue weighted by Crippen LogP contribution is -2.37. The Morgan fingerprint density at radius 2 is 1.76 bits per heavy atom. The average molecular weight is 291 g/mol. The van der Waals surface area contributed by atoms with E-state index in [0.29, 0.717) is 6.54 Å². The topological polar surface area (TPSA) is 45.7 Å². The number of guanidine groups is 1. The molecule has 0 saturated carbocycles. The number of aryl methyl sites for hydroxylation is 1. The first kappa shape index (κ1) is 17.3. The van der Waals surface area contributed by atoms with Crippen molar-refractivity contribution in [1.82, 2.24) is 10.6 Å². The summed E-state index contributed by atoms with van der Waals surface area (Å²) >= 11 is 0. The highest BCUT2D eigenvalue weighted by Crippen LogP contribution is 2.25. The van der Waals surface area contributed by atoms with E-state index < -0.39 is 0 Å². The summed E-state index contributed by atoms with van der Waals surface area (Å²) in [4.78, 5) is 4.61. The number of hydrogen-bond donors (Lipinski definition) is 2. The third-order valence-electron chi connectivity index (χ3n) is 2.73. The number of hydrogen-bond acceptors (Lipinski definition) is 2. The van der Waals surface area contributed by atoms with Crippen LogP contribution in [0.4, 0.5) is 0 Å². The molecule has 0 fully saturated rings. The molecule has 0 bridgehead atoms. The van der Waals surface area contributed by atoms with Gasteiger partial charge >= 0.3 is 0 Å². The third kappa shape index (κ3) is 6.52. The Morgan fingerprint density at radius 1 is 1.14 bits per heavy atom. The Kier molecular flexibility index (Phi) is 6.53. The SMILES string of the molecule is CCNC(=NCc1ccc(C)cc1OC(C)(C)C)NCC. The molecule has 0 aliphatic rings. The summed E-state index contributed by atoms with van der Waals surface area (Å²) in [6, 6.07) is 6.27. The van der Waals surface area contributed by atoms with E-state index >= 15 is 0 Å². The van der Waals surface area contributed by atoms with Gasteiger partial charge in [-0.1, -0.05) is 12.1 Å². The Morgan fingerprint density at radius 3 is 2.29 bits per heavy atom. The van der Waals surface area contributed by atoms with Crippen molar-refractivity contribution < 1.29 is 4.74 Å². The number of nitrogens with zero attached hydrogens (tertiary/aromatic N) is 1. The van der Waals surface area contributed by atoms with E-state index in [-0.39, 0.29) is 5.60 Å². The molecular weight excluding hydrogens is 262 g/mol. The van der Waals surface area contributed by atoms with Crippen LogP contribution in [0.1, 0.15) is 45.7 Å². The van der Waals surface area contributed by atoms with E-state index in [1.54, 1.807) is 0 Å². The van der Waals surface area contributed by atoms with Crippen molar-refractivity contribution in [2.75, 3.05) is 13.1 Å². The maximum atomic E-state index is 6.06. The van der Waals surface area contributed by atoms with Crippen molar-refractivity contribution in [3.63, 3.8) is 0 Å². The second-order valence-corrected chi connectivity index (χ2v) is 6.05. The summed E-state index contributed by atoms with van der Waals surface area (Å²) in [5.41, 5.74) is 2.09. The minimum atomic E-state index is -0.210. The molecular formula is C17H29N3O. The van der Waals surface area contributed by atoms with E-state index in [1.807, 2.05) is 0 Å². The van der Waals surface area contributed by atoms with Crippen LogP contribution in [0.25, 0.3) is 0 Å². The lowest BCUT2D eigenvalue weighted by molar-refractivity contribution is 0.129. The first-order valence-electron chi connectivity index (χ1n) is 7.66. The minimum absolute atomic E-state index is 0.210. The Bertz CT molecular complexity index is 467. The summed E-state index contributed by atoms with van der Waals surface area (Å²) in [6.07, 6.45) is 0. The van der Waals surface area contributed by atoms with Crippen LogP contribution in [-0.4, -0.2) is 24.7 Å².